The predicted octanol–water partition coefficient (Wildman–Crippen LogP) is 4.66. The molecule has 0 aliphatic heterocycles. The molecule has 2 aromatic carbocycles. The summed E-state index contributed by atoms with van der Waals surface area (Å²) < 4.78 is 47.0. The minimum Gasteiger partial charge on any atom is -0.490 e. The standard InChI is InChI=1S/C21H19F3N2O/c1-12-20(23)8-16(9-21(12)24)27-15-6-14(7-15)26-11-18-17-4-5-25-10-13(17)2-3-19(18)22/h2-5,8-10,14-15,26H,6-7,11H2,1H3/t14-,15-. The van der Waals surface area contributed by atoms with Gasteiger partial charge in [0.25, 0.3) is 0 Å². The summed E-state index contributed by atoms with van der Waals surface area (Å²) in [6.45, 7) is 1.79. The van der Waals surface area contributed by atoms with Crippen LogP contribution in [0.2, 0.25) is 0 Å². The van der Waals surface area contributed by atoms with Gasteiger partial charge in [0.15, 0.2) is 0 Å². The van der Waals surface area contributed by atoms with Gasteiger partial charge in [0, 0.05) is 53.6 Å². The molecule has 140 valence electrons. The van der Waals surface area contributed by atoms with Crippen molar-refractivity contribution in [2.75, 3.05) is 0 Å². The van der Waals surface area contributed by atoms with Gasteiger partial charge in [0.1, 0.15) is 29.3 Å². The van der Waals surface area contributed by atoms with Crippen LogP contribution in [0.5, 0.6) is 5.75 Å². The van der Waals surface area contributed by atoms with Crippen molar-refractivity contribution in [3.05, 3.63) is 71.3 Å². The Morgan fingerprint density at radius 3 is 2.56 bits per heavy atom. The molecule has 1 aliphatic carbocycles. The molecule has 0 radical (unpaired) electrons. The number of aromatic nitrogens is 1. The van der Waals surface area contributed by atoms with Crippen molar-refractivity contribution < 1.29 is 17.9 Å². The lowest BCUT2D eigenvalue weighted by atomic mass is 9.89. The highest BCUT2D eigenvalue weighted by molar-refractivity contribution is 5.84. The van der Waals surface area contributed by atoms with E-state index >= 15 is 0 Å². The van der Waals surface area contributed by atoms with Gasteiger partial charge in [0.05, 0.1) is 0 Å². The van der Waals surface area contributed by atoms with Crippen LogP contribution in [0.1, 0.15) is 24.0 Å². The summed E-state index contributed by atoms with van der Waals surface area (Å²) in [6.07, 6.45) is 4.66. The molecule has 3 aromatic rings. The number of rotatable bonds is 5. The summed E-state index contributed by atoms with van der Waals surface area (Å²) >= 11 is 0. The molecule has 1 N–H and O–H groups in total. The first kappa shape index (κ1) is 17.8. The smallest absolute Gasteiger partial charge is 0.132 e. The molecule has 1 fully saturated rings. The Morgan fingerprint density at radius 1 is 1.07 bits per heavy atom. The number of hydrogen-bond acceptors (Lipinski definition) is 3. The van der Waals surface area contributed by atoms with Crippen LogP contribution in [0.15, 0.2) is 42.7 Å². The third-order valence-electron chi connectivity index (χ3n) is 5.09. The van der Waals surface area contributed by atoms with Gasteiger partial charge in [-0.1, -0.05) is 0 Å². The van der Waals surface area contributed by atoms with Gasteiger partial charge in [-0.15, -0.1) is 0 Å². The zero-order valence-corrected chi connectivity index (χ0v) is 14.8. The van der Waals surface area contributed by atoms with Gasteiger partial charge in [0.2, 0.25) is 0 Å². The normalized spacial score (nSPS) is 19.1. The van der Waals surface area contributed by atoms with E-state index in [0.29, 0.717) is 24.9 Å². The van der Waals surface area contributed by atoms with E-state index in [1.807, 2.05) is 6.07 Å². The molecule has 0 saturated heterocycles. The third kappa shape index (κ3) is 3.62. The minimum absolute atomic E-state index is 0.0113. The highest BCUT2D eigenvalue weighted by Crippen LogP contribution is 2.29. The number of pyridine rings is 1. The van der Waals surface area contributed by atoms with Gasteiger partial charge in [-0.25, -0.2) is 13.2 Å². The molecule has 1 aromatic heterocycles. The van der Waals surface area contributed by atoms with Crippen molar-refractivity contribution in [1.82, 2.24) is 10.3 Å². The quantitative estimate of drug-likeness (QED) is 0.707. The predicted molar refractivity (Wildman–Crippen MR) is 97.1 cm³/mol. The molecule has 1 saturated carbocycles. The lowest BCUT2D eigenvalue weighted by molar-refractivity contribution is 0.0836. The maximum atomic E-state index is 14.2. The molecule has 0 unspecified atom stereocenters. The number of nitrogens with zero attached hydrogens (tertiary/aromatic N) is 1. The topological polar surface area (TPSA) is 34.1 Å². The Morgan fingerprint density at radius 2 is 1.81 bits per heavy atom. The molecule has 0 spiro atoms. The molecule has 4 rings (SSSR count). The van der Waals surface area contributed by atoms with E-state index in [9.17, 15) is 13.2 Å². The van der Waals surface area contributed by atoms with E-state index in [4.69, 9.17) is 4.74 Å². The fourth-order valence-electron chi connectivity index (χ4n) is 3.34. The lowest BCUT2D eigenvalue weighted by Gasteiger charge is -2.36. The number of fused-ring (bicyclic) bond motifs is 1. The van der Waals surface area contributed by atoms with E-state index in [-0.39, 0.29) is 29.3 Å². The summed E-state index contributed by atoms with van der Waals surface area (Å²) in [7, 11) is 0. The van der Waals surface area contributed by atoms with Crippen LogP contribution in [0.4, 0.5) is 13.2 Å². The first-order valence-electron chi connectivity index (χ1n) is 8.88. The van der Waals surface area contributed by atoms with Crippen LogP contribution in [-0.2, 0) is 6.54 Å². The average Bonchev–Trinajstić information content (AvgIpc) is 2.62. The molecule has 27 heavy (non-hydrogen) atoms. The molecule has 6 heteroatoms. The van der Waals surface area contributed by atoms with Crippen molar-refractivity contribution >= 4 is 10.8 Å². The van der Waals surface area contributed by atoms with Crippen LogP contribution in [0, 0.1) is 24.4 Å². The largest absolute Gasteiger partial charge is 0.490 e. The molecule has 3 nitrogen and oxygen atoms in total. The van der Waals surface area contributed by atoms with Gasteiger partial charge in [-0.3, -0.25) is 4.98 Å². The second kappa shape index (κ2) is 7.19. The van der Waals surface area contributed by atoms with E-state index in [0.717, 1.165) is 10.8 Å². The Bertz CT molecular complexity index is 963. The summed E-state index contributed by atoms with van der Waals surface area (Å²) in [4.78, 5) is 4.06. The fraction of sp³-hybridized carbons (Fsp3) is 0.286. The monoisotopic (exact) mass is 372 g/mol. The minimum atomic E-state index is -0.611. The fourth-order valence-corrected chi connectivity index (χ4v) is 3.34. The van der Waals surface area contributed by atoms with Crippen molar-refractivity contribution in [3.63, 3.8) is 0 Å². The molecule has 0 amide bonds. The second-order valence-electron chi connectivity index (χ2n) is 6.92. The maximum Gasteiger partial charge on any atom is 0.132 e. The molecule has 0 bridgehead atoms. The van der Waals surface area contributed by atoms with Crippen LogP contribution in [-0.4, -0.2) is 17.1 Å². The SMILES string of the molecule is Cc1c(F)cc(O[C@H]2C[C@H](NCc3c(F)ccc4cnccc34)C2)cc1F. The summed E-state index contributed by atoms with van der Waals surface area (Å²) in [5.74, 6) is -1.27. The Balaban J connectivity index is 1.35. The molecule has 0 atom stereocenters. The summed E-state index contributed by atoms with van der Waals surface area (Å²) in [5.41, 5.74) is 0.602. The van der Waals surface area contributed by atoms with Crippen molar-refractivity contribution in [2.24, 2.45) is 0 Å². The highest BCUT2D eigenvalue weighted by atomic mass is 19.1. The van der Waals surface area contributed by atoms with E-state index < -0.39 is 11.6 Å². The number of benzene rings is 2. The second-order valence-corrected chi connectivity index (χ2v) is 6.92. The van der Waals surface area contributed by atoms with Crippen molar-refractivity contribution in [3.8, 4) is 5.75 Å². The Labute approximate surface area is 155 Å². The van der Waals surface area contributed by atoms with E-state index in [1.54, 1.807) is 18.5 Å². The number of hydrogen-bond donors (Lipinski definition) is 1. The summed E-state index contributed by atoms with van der Waals surface area (Å²) in [6, 6.07) is 7.56. The van der Waals surface area contributed by atoms with Gasteiger partial charge in [-0.05, 0) is 43.4 Å². The molecule has 1 heterocycles. The van der Waals surface area contributed by atoms with Crippen molar-refractivity contribution in [1.29, 1.82) is 0 Å². The Hall–Kier alpha value is -2.60. The van der Waals surface area contributed by atoms with E-state index in [2.05, 4.69) is 10.3 Å². The van der Waals surface area contributed by atoms with E-state index in [1.165, 1.54) is 25.1 Å². The highest BCUT2D eigenvalue weighted by Gasteiger charge is 2.31. The third-order valence-corrected chi connectivity index (χ3v) is 5.09. The average molecular weight is 372 g/mol. The number of ether oxygens (including phenoxy) is 1. The van der Waals surface area contributed by atoms with Gasteiger partial charge in [-0.2, -0.15) is 0 Å². The number of halogens is 3. The van der Waals surface area contributed by atoms with Gasteiger partial charge < -0.3 is 10.1 Å². The number of nitrogens with one attached hydrogen (secondary N) is 1. The summed E-state index contributed by atoms with van der Waals surface area (Å²) in [5, 5.41) is 5.07. The molecule has 1 aliphatic rings. The van der Waals surface area contributed by atoms with Crippen LogP contribution < -0.4 is 10.1 Å². The lowest BCUT2D eigenvalue weighted by Crippen LogP contribution is -2.46. The molecular formula is C21H19F3N2O. The van der Waals surface area contributed by atoms with Crippen LogP contribution in [0.3, 0.4) is 0 Å². The first-order chi connectivity index (χ1) is 13.0. The zero-order chi connectivity index (χ0) is 19.0. The van der Waals surface area contributed by atoms with Gasteiger partial charge >= 0.3 is 0 Å². The zero-order valence-electron chi connectivity index (χ0n) is 14.8. The van der Waals surface area contributed by atoms with Crippen LogP contribution in [0.25, 0.3) is 10.8 Å². The Kier molecular flexibility index (Phi) is 4.74. The van der Waals surface area contributed by atoms with Crippen LogP contribution >= 0.6 is 0 Å². The van der Waals surface area contributed by atoms with Crippen molar-refractivity contribution in [2.45, 2.75) is 38.5 Å². The maximum absolute atomic E-state index is 14.2. The molecular weight excluding hydrogens is 353 g/mol. The first-order valence-corrected chi connectivity index (χ1v) is 8.88.